The minimum Gasteiger partial charge on any atom is -0.379 e. The van der Waals surface area contributed by atoms with Crippen molar-refractivity contribution in [1.29, 1.82) is 0 Å². The van der Waals surface area contributed by atoms with Crippen LogP contribution in [-0.2, 0) is 17.8 Å². The standard InChI is InChI=1S/C14H16ClN3OS/c1-18(2)14(19)7-10-3-5-11(6-4-10)16-9-13-17-8-12(15)20-13/h3-6,8,16H,7,9H2,1-2H3. The van der Waals surface area contributed by atoms with E-state index in [1.54, 1.807) is 25.2 Å². The van der Waals surface area contributed by atoms with Gasteiger partial charge in [-0.3, -0.25) is 4.79 Å². The summed E-state index contributed by atoms with van der Waals surface area (Å²) in [6.45, 7) is 0.646. The van der Waals surface area contributed by atoms with Gasteiger partial charge in [-0.25, -0.2) is 4.98 Å². The van der Waals surface area contributed by atoms with Crippen molar-refractivity contribution in [2.24, 2.45) is 0 Å². The number of hydrogen-bond donors (Lipinski definition) is 1. The summed E-state index contributed by atoms with van der Waals surface area (Å²) in [7, 11) is 3.52. The van der Waals surface area contributed by atoms with Crippen molar-refractivity contribution in [2.75, 3.05) is 19.4 Å². The molecular weight excluding hydrogens is 294 g/mol. The first kappa shape index (κ1) is 14.8. The molecule has 6 heteroatoms. The highest BCUT2D eigenvalue weighted by atomic mass is 35.5. The third-order valence-corrected chi connectivity index (χ3v) is 3.89. The summed E-state index contributed by atoms with van der Waals surface area (Å²) >= 11 is 7.29. The molecule has 1 aromatic carbocycles. The molecule has 0 bridgehead atoms. The monoisotopic (exact) mass is 309 g/mol. The Morgan fingerprint density at radius 2 is 2.05 bits per heavy atom. The number of benzene rings is 1. The Labute approximate surface area is 127 Å². The van der Waals surface area contributed by atoms with Crippen LogP contribution >= 0.6 is 22.9 Å². The average Bonchev–Trinajstić information content (AvgIpc) is 2.83. The number of halogens is 1. The van der Waals surface area contributed by atoms with Crippen molar-refractivity contribution in [3.05, 3.63) is 45.4 Å². The molecule has 4 nitrogen and oxygen atoms in total. The lowest BCUT2D eigenvalue weighted by molar-refractivity contribution is -0.127. The van der Waals surface area contributed by atoms with Crippen molar-refractivity contribution in [1.82, 2.24) is 9.88 Å². The molecule has 20 heavy (non-hydrogen) atoms. The predicted octanol–water partition coefficient (Wildman–Crippen LogP) is 3.04. The first-order valence-electron chi connectivity index (χ1n) is 6.18. The Morgan fingerprint density at radius 1 is 1.35 bits per heavy atom. The lowest BCUT2D eigenvalue weighted by Gasteiger charge is -2.10. The van der Waals surface area contributed by atoms with E-state index in [-0.39, 0.29) is 5.91 Å². The normalized spacial score (nSPS) is 10.3. The molecule has 0 aliphatic carbocycles. The van der Waals surface area contributed by atoms with E-state index >= 15 is 0 Å². The van der Waals surface area contributed by atoms with Crippen molar-refractivity contribution in [3.63, 3.8) is 0 Å². The Hall–Kier alpha value is -1.59. The van der Waals surface area contributed by atoms with E-state index in [1.165, 1.54) is 11.3 Å². The fraction of sp³-hybridized carbons (Fsp3) is 0.286. The van der Waals surface area contributed by atoms with E-state index in [1.807, 2.05) is 24.3 Å². The molecule has 0 aliphatic heterocycles. The molecule has 0 unspecified atom stereocenters. The van der Waals surface area contributed by atoms with E-state index in [9.17, 15) is 4.79 Å². The lowest BCUT2D eigenvalue weighted by atomic mass is 10.1. The van der Waals surface area contributed by atoms with Crippen LogP contribution in [0.2, 0.25) is 4.34 Å². The minimum atomic E-state index is 0.100. The maximum absolute atomic E-state index is 11.6. The van der Waals surface area contributed by atoms with E-state index in [0.717, 1.165) is 16.3 Å². The number of nitrogens with one attached hydrogen (secondary N) is 1. The van der Waals surface area contributed by atoms with Gasteiger partial charge in [0.05, 0.1) is 19.2 Å². The van der Waals surface area contributed by atoms with Gasteiger partial charge >= 0.3 is 0 Å². The second kappa shape index (κ2) is 6.72. The van der Waals surface area contributed by atoms with Gasteiger partial charge in [-0.2, -0.15) is 0 Å². The van der Waals surface area contributed by atoms with Gasteiger partial charge in [0, 0.05) is 19.8 Å². The summed E-state index contributed by atoms with van der Waals surface area (Å²) < 4.78 is 0.694. The summed E-state index contributed by atoms with van der Waals surface area (Å²) in [6, 6.07) is 7.85. The summed E-state index contributed by atoms with van der Waals surface area (Å²) in [4.78, 5) is 17.4. The van der Waals surface area contributed by atoms with Gasteiger partial charge in [-0.05, 0) is 17.7 Å². The van der Waals surface area contributed by atoms with Crippen LogP contribution in [0, 0.1) is 0 Å². The molecule has 1 amide bonds. The molecular formula is C14H16ClN3OS. The molecule has 2 aromatic rings. The van der Waals surface area contributed by atoms with Crippen molar-refractivity contribution < 1.29 is 4.79 Å². The first-order valence-corrected chi connectivity index (χ1v) is 7.37. The molecule has 1 heterocycles. The van der Waals surface area contributed by atoms with Gasteiger partial charge in [-0.1, -0.05) is 23.7 Å². The van der Waals surface area contributed by atoms with Crippen LogP contribution in [0.1, 0.15) is 10.6 Å². The van der Waals surface area contributed by atoms with Crippen molar-refractivity contribution in [2.45, 2.75) is 13.0 Å². The van der Waals surface area contributed by atoms with Crippen LogP contribution in [0.4, 0.5) is 5.69 Å². The van der Waals surface area contributed by atoms with Gasteiger partial charge in [0.2, 0.25) is 5.91 Å². The molecule has 2 rings (SSSR count). The number of anilines is 1. The Bertz CT molecular complexity index is 580. The first-order chi connectivity index (χ1) is 9.54. The maximum Gasteiger partial charge on any atom is 0.226 e. The van der Waals surface area contributed by atoms with Gasteiger partial charge < -0.3 is 10.2 Å². The van der Waals surface area contributed by atoms with Crippen LogP contribution in [0.3, 0.4) is 0 Å². The Balaban J connectivity index is 1.89. The third kappa shape index (κ3) is 4.21. The molecule has 1 aromatic heterocycles. The number of amides is 1. The third-order valence-electron chi connectivity index (χ3n) is 2.78. The SMILES string of the molecule is CN(C)C(=O)Cc1ccc(NCc2ncc(Cl)s2)cc1. The fourth-order valence-corrected chi connectivity index (χ4v) is 2.52. The van der Waals surface area contributed by atoms with Crippen LogP contribution in [0.15, 0.2) is 30.5 Å². The van der Waals surface area contributed by atoms with Gasteiger partial charge in [0.15, 0.2) is 0 Å². The number of aromatic nitrogens is 1. The summed E-state index contributed by atoms with van der Waals surface area (Å²) in [6.07, 6.45) is 2.08. The number of carbonyl (C=O) groups is 1. The molecule has 0 spiro atoms. The molecule has 0 fully saturated rings. The van der Waals surface area contributed by atoms with Crippen LogP contribution in [0.5, 0.6) is 0 Å². The fourth-order valence-electron chi connectivity index (χ4n) is 1.62. The average molecular weight is 310 g/mol. The van der Waals surface area contributed by atoms with Gasteiger partial charge in [-0.15, -0.1) is 11.3 Å². The smallest absolute Gasteiger partial charge is 0.226 e. The molecule has 0 radical (unpaired) electrons. The number of thiazole rings is 1. The second-order valence-corrected chi connectivity index (χ2v) is 6.32. The number of rotatable bonds is 5. The zero-order valence-corrected chi connectivity index (χ0v) is 13.0. The topological polar surface area (TPSA) is 45.2 Å². The number of hydrogen-bond acceptors (Lipinski definition) is 4. The zero-order valence-electron chi connectivity index (χ0n) is 11.4. The predicted molar refractivity (Wildman–Crippen MR) is 83.3 cm³/mol. The number of carbonyl (C=O) groups excluding carboxylic acids is 1. The van der Waals surface area contributed by atoms with E-state index in [2.05, 4.69) is 10.3 Å². The zero-order chi connectivity index (χ0) is 14.5. The quantitative estimate of drug-likeness (QED) is 0.923. The largest absolute Gasteiger partial charge is 0.379 e. The van der Waals surface area contributed by atoms with Gasteiger partial charge in [0.25, 0.3) is 0 Å². The molecule has 106 valence electrons. The lowest BCUT2D eigenvalue weighted by Crippen LogP contribution is -2.23. The number of nitrogens with zero attached hydrogens (tertiary/aromatic N) is 2. The van der Waals surface area contributed by atoms with Crippen LogP contribution in [0.25, 0.3) is 0 Å². The minimum absolute atomic E-state index is 0.100. The van der Waals surface area contributed by atoms with Crippen molar-refractivity contribution >= 4 is 34.5 Å². The van der Waals surface area contributed by atoms with E-state index in [0.29, 0.717) is 17.3 Å². The van der Waals surface area contributed by atoms with Crippen LogP contribution in [-0.4, -0.2) is 29.9 Å². The summed E-state index contributed by atoms with van der Waals surface area (Å²) in [5, 5.41) is 4.22. The molecule has 0 atom stereocenters. The van der Waals surface area contributed by atoms with Crippen LogP contribution < -0.4 is 5.32 Å². The molecule has 0 saturated carbocycles. The van der Waals surface area contributed by atoms with E-state index in [4.69, 9.17) is 11.6 Å². The van der Waals surface area contributed by atoms with Gasteiger partial charge in [0.1, 0.15) is 9.34 Å². The molecule has 1 N–H and O–H groups in total. The highest BCUT2D eigenvalue weighted by Crippen LogP contribution is 2.19. The molecule has 0 aliphatic rings. The number of likely N-dealkylation sites (N-methyl/N-ethyl adjacent to an activating group) is 1. The highest BCUT2D eigenvalue weighted by Gasteiger charge is 2.05. The Morgan fingerprint density at radius 3 is 2.60 bits per heavy atom. The van der Waals surface area contributed by atoms with Crippen molar-refractivity contribution in [3.8, 4) is 0 Å². The second-order valence-electron chi connectivity index (χ2n) is 4.57. The Kier molecular flexibility index (Phi) is 4.98. The maximum atomic E-state index is 11.6. The highest BCUT2D eigenvalue weighted by molar-refractivity contribution is 7.15. The summed E-state index contributed by atoms with van der Waals surface area (Å²) in [5.74, 6) is 0.100. The molecule has 0 saturated heterocycles. The van der Waals surface area contributed by atoms with E-state index < -0.39 is 0 Å². The summed E-state index contributed by atoms with van der Waals surface area (Å²) in [5.41, 5.74) is 2.00.